The third kappa shape index (κ3) is 4.03. The molecule has 2 heterocycles. The van der Waals surface area contributed by atoms with Crippen molar-refractivity contribution in [3.63, 3.8) is 0 Å². The van der Waals surface area contributed by atoms with Crippen LogP contribution >= 0.6 is 0 Å². The van der Waals surface area contributed by atoms with Gasteiger partial charge in [0, 0.05) is 36.3 Å². The molecule has 1 unspecified atom stereocenters. The first kappa shape index (κ1) is 20.8. The fourth-order valence-electron chi connectivity index (χ4n) is 5.73. The third-order valence-corrected chi connectivity index (χ3v) is 7.20. The van der Waals surface area contributed by atoms with E-state index in [0.29, 0.717) is 11.6 Å². The number of hydrogen-bond donors (Lipinski definition) is 1. The lowest BCUT2D eigenvalue weighted by molar-refractivity contribution is -0.958. The smallest absolute Gasteiger partial charge is 0.338 e. The molecule has 4 nitrogen and oxygen atoms in total. The molecular weight excluding hydrogens is 398 g/mol. The van der Waals surface area contributed by atoms with E-state index >= 15 is 0 Å². The van der Waals surface area contributed by atoms with Gasteiger partial charge in [0.15, 0.2) is 6.10 Å². The molecule has 164 valence electrons. The highest BCUT2D eigenvalue weighted by Crippen LogP contribution is 2.40. The molecule has 5 atom stereocenters. The zero-order chi connectivity index (χ0) is 21.9. The average molecular weight is 429 g/mol. The highest BCUT2D eigenvalue weighted by molar-refractivity contribution is 5.89. The van der Waals surface area contributed by atoms with E-state index in [0.717, 1.165) is 37.1 Å². The fraction of sp³-hybridized carbons (Fsp3) is 0.321. The molecule has 0 aromatic heterocycles. The van der Waals surface area contributed by atoms with Crippen LogP contribution in [-0.2, 0) is 11.3 Å². The maximum Gasteiger partial charge on any atom is 0.338 e. The largest absolute Gasteiger partial charge is 0.496 e. The summed E-state index contributed by atoms with van der Waals surface area (Å²) in [5.41, 5.74) is 3.09. The van der Waals surface area contributed by atoms with E-state index in [1.807, 2.05) is 42.5 Å². The van der Waals surface area contributed by atoms with Crippen LogP contribution in [0.25, 0.3) is 0 Å². The number of hydrogen-bond acceptors (Lipinski definition) is 3. The fourth-order valence-corrected chi connectivity index (χ4v) is 5.73. The minimum atomic E-state index is -0.236. The normalized spacial score (nSPS) is 26.5. The quantitative estimate of drug-likeness (QED) is 0.603. The Bertz CT molecular complexity index is 1050. The average Bonchev–Trinajstić information content (AvgIpc) is 3.13. The second kappa shape index (κ2) is 9.17. The Morgan fingerprint density at radius 2 is 1.59 bits per heavy atom. The van der Waals surface area contributed by atoms with Gasteiger partial charge in [-0.3, -0.25) is 0 Å². The predicted molar refractivity (Wildman–Crippen MR) is 124 cm³/mol. The number of para-hydroxylation sites is 1. The van der Waals surface area contributed by atoms with E-state index < -0.39 is 0 Å². The highest BCUT2D eigenvalue weighted by Gasteiger charge is 2.53. The second-order valence-corrected chi connectivity index (χ2v) is 8.94. The van der Waals surface area contributed by atoms with Gasteiger partial charge >= 0.3 is 5.97 Å². The van der Waals surface area contributed by atoms with Crippen LogP contribution in [0.5, 0.6) is 5.75 Å². The number of methoxy groups -OCH3 is 1. The Balaban J connectivity index is 1.48. The van der Waals surface area contributed by atoms with Crippen molar-refractivity contribution in [2.24, 2.45) is 0 Å². The number of quaternary nitrogens is 1. The molecule has 0 spiro atoms. The van der Waals surface area contributed by atoms with Gasteiger partial charge in [-0.2, -0.15) is 0 Å². The topological polar surface area (TPSA) is 40.0 Å². The number of piperidine rings is 1. The minimum Gasteiger partial charge on any atom is -0.496 e. The number of ether oxygens (including phenoxy) is 2. The Labute approximate surface area is 189 Å². The van der Waals surface area contributed by atoms with Crippen LogP contribution in [-0.4, -0.2) is 31.3 Å². The monoisotopic (exact) mass is 428 g/mol. The Morgan fingerprint density at radius 1 is 0.906 bits per heavy atom. The van der Waals surface area contributed by atoms with Crippen LogP contribution in [0.1, 0.15) is 46.7 Å². The van der Waals surface area contributed by atoms with E-state index in [2.05, 4.69) is 42.5 Å². The van der Waals surface area contributed by atoms with Gasteiger partial charge in [-0.05, 0) is 18.2 Å². The first-order chi connectivity index (χ1) is 15.7. The van der Waals surface area contributed by atoms with E-state index in [-0.39, 0.29) is 24.0 Å². The molecule has 5 rings (SSSR count). The summed E-state index contributed by atoms with van der Waals surface area (Å²) in [6.07, 6.45) is 3.05. The molecule has 3 aromatic carbocycles. The van der Waals surface area contributed by atoms with Gasteiger partial charge in [0.1, 0.15) is 18.3 Å². The molecule has 2 fully saturated rings. The van der Waals surface area contributed by atoms with Crippen molar-refractivity contribution in [3.8, 4) is 5.75 Å². The van der Waals surface area contributed by atoms with Crippen molar-refractivity contribution in [3.05, 3.63) is 102 Å². The van der Waals surface area contributed by atoms with Crippen molar-refractivity contribution in [1.82, 2.24) is 0 Å². The molecule has 0 aliphatic carbocycles. The number of benzene rings is 3. The Hall–Kier alpha value is -3.11. The first-order valence-electron chi connectivity index (χ1n) is 11.5. The zero-order valence-corrected chi connectivity index (χ0v) is 18.4. The number of carbonyl (C=O) groups excluding carboxylic acids is 1. The molecule has 0 radical (unpaired) electrons. The van der Waals surface area contributed by atoms with Gasteiger partial charge in [-0.25, -0.2) is 4.79 Å². The van der Waals surface area contributed by atoms with Crippen LogP contribution in [0.2, 0.25) is 0 Å². The van der Waals surface area contributed by atoms with Crippen LogP contribution in [0, 0.1) is 0 Å². The van der Waals surface area contributed by atoms with E-state index in [1.165, 1.54) is 5.56 Å². The molecule has 2 saturated heterocycles. The van der Waals surface area contributed by atoms with Crippen LogP contribution in [0.15, 0.2) is 84.9 Å². The maximum absolute atomic E-state index is 13.1. The van der Waals surface area contributed by atoms with E-state index in [1.54, 1.807) is 12.0 Å². The highest BCUT2D eigenvalue weighted by atomic mass is 16.5. The van der Waals surface area contributed by atoms with Crippen molar-refractivity contribution >= 4 is 5.97 Å². The number of nitrogens with one attached hydrogen (secondary N) is 1. The van der Waals surface area contributed by atoms with Gasteiger partial charge in [0.25, 0.3) is 0 Å². The summed E-state index contributed by atoms with van der Waals surface area (Å²) in [6.45, 7) is 0.966. The summed E-state index contributed by atoms with van der Waals surface area (Å²) in [5.74, 6) is 0.778. The van der Waals surface area contributed by atoms with Crippen LogP contribution in [0.4, 0.5) is 0 Å². The number of rotatable bonds is 6. The van der Waals surface area contributed by atoms with E-state index in [4.69, 9.17) is 9.47 Å². The van der Waals surface area contributed by atoms with Gasteiger partial charge in [0.2, 0.25) is 0 Å². The minimum absolute atomic E-state index is 0.135. The van der Waals surface area contributed by atoms with E-state index in [9.17, 15) is 4.79 Å². The van der Waals surface area contributed by atoms with Gasteiger partial charge in [-0.15, -0.1) is 0 Å². The SMILES string of the molecule is COc1ccccc1[C@@H]1C[C@H]2CC[C@@H]([C@@H]1OC(=O)c1ccccc1)[NH+]2Cc1ccccc1. The van der Waals surface area contributed by atoms with Crippen molar-refractivity contribution in [1.29, 1.82) is 0 Å². The zero-order valence-electron chi connectivity index (χ0n) is 18.4. The standard InChI is InChI=1S/C28H29NO3/c1-31-26-15-9-8-14-23(26)24-18-22-16-17-25(29(22)19-20-10-4-2-5-11-20)27(24)32-28(30)21-12-6-3-7-13-21/h2-15,22,24-25,27H,16-19H2,1H3/p+1/t22-,24+,25+,27-/m1/s1. The first-order valence-corrected chi connectivity index (χ1v) is 11.5. The summed E-state index contributed by atoms with van der Waals surface area (Å²) in [7, 11) is 1.72. The lowest BCUT2D eigenvalue weighted by Crippen LogP contribution is -3.18. The molecular formula is C28H30NO3+. The van der Waals surface area contributed by atoms with Gasteiger partial charge in [0.05, 0.1) is 18.7 Å². The molecule has 1 N–H and O–H groups in total. The molecule has 3 aromatic rings. The molecule has 2 bridgehead atoms. The van der Waals surface area contributed by atoms with Crippen molar-refractivity contribution in [2.45, 2.75) is 49.9 Å². The molecule has 2 aliphatic rings. The van der Waals surface area contributed by atoms with Gasteiger partial charge < -0.3 is 14.4 Å². The number of carbonyl (C=O) groups is 1. The van der Waals surface area contributed by atoms with Crippen molar-refractivity contribution < 1.29 is 19.2 Å². The molecule has 4 heteroatoms. The van der Waals surface area contributed by atoms with Crippen molar-refractivity contribution in [2.75, 3.05) is 7.11 Å². The molecule has 2 aliphatic heterocycles. The predicted octanol–water partition coefficient (Wildman–Crippen LogP) is 4.02. The van der Waals surface area contributed by atoms with Crippen LogP contribution in [0.3, 0.4) is 0 Å². The summed E-state index contributed by atoms with van der Waals surface area (Å²) < 4.78 is 12.0. The maximum atomic E-state index is 13.1. The molecule has 0 amide bonds. The lowest BCUT2D eigenvalue weighted by atomic mass is 9.81. The number of esters is 1. The summed E-state index contributed by atoms with van der Waals surface area (Å²) in [5, 5.41) is 0. The number of fused-ring (bicyclic) bond motifs is 2. The Morgan fingerprint density at radius 3 is 2.34 bits per heavy atom. The summed E-state index contributed by atoms with van der Waals surface area (Å²) >= 11 is 0. The second-order valence-electron chi connectivity index (χ2n) is 8.94. The van der Waals surface area contributed by atoms with Gasteiger partial charge in [-0.1, -0.05) is 66.7 Å². The lowest BCUT2D eigenvalue weighted by Gasteiger charge is -2.42. The molecule has 0 saturated carbocycles. The molecule has 32 heavy (non-hydrogen) atoms. The summed E-state index contributed by atoms with van der Waals surface area (Å²) in [6, 6.07) is 29.0. The Kier molecular flexibility index (Phi) is 5.95. The summed E-state index contributed by atoms with van der Waals surface area (Å²) in [4.78, 5) is 14.7. The van der Waals surface area contributed by atoms with Crippen LogP contribution < -0.4 is 9.64 Å². The third-order valence-electron chi connectivity index (χ3n) is 7.20.